The van der Waals surface area contributed by atoms with Gasteiger partial charge in [0.05, 0.1) is 6.04 Å². The average molecular weight is 212 g/mol. The smallest absolute Gasteiger partial charge is 0.237 e. The minimum atomic E-state index is -0.321. The lowest BCUT2D eigenvalue weighted by atomic mass is 9.97. The van der Waals surface area contributed by atoms with E-state index in [1.165, 1.54) is 6.42 Å². The standard InChI is InChI=1S/C12H24N2O/c1-4-5-10(13)12(15)14-11-7-6-8(2)9(11)3/h8-11H,4-7,13H2,1-3H3,(H,14,15)/t8?,9?,10-,11?/m1/s1. The van der Waals surface area contributed by atoms with Crippen LogP contribution in [0.5, 0.6) is 0 Å². The molecule has 15 heavy (non-hydrogen) atoms. The third-order valence-corrected chi connectivity index (χ3v) is 3.73. The molecular formula is C12H24N2O. The number of nitrogens with one attached hydrogen (secondary N) is 1. The van der Waals surface area contributed by atoms with Gasteiger partial charge >= 0.3 is 0 Å². The van der Waals surface area contributed by atoms with Crippen molar-refractivity contribution >= 4 is 5.91 Å². The van der Waals surface area contributed by atoms with Gasteiger partial charge in [0.2, 0.25) is 5.91 Å². The Hall–Kier alpha value is -0.570. The zero-order chi connectivity index (χ0) is 11.4. The van der Waals surface area contributed by atoms with Gasteiger partial charge in [0, 0.05) is 6.04 Å². The molecule has 1 saturated carbocycles. The summed E-state index contributed by atoms with van der Waals surface area (Å²) >= 11 is 0. The lowest BCUT2D eigenvalue weighted by Crippen LogP contribution is -2.46. The average Bonchev–Trinajstić information content (AvgIpc) is 2.50. The number of amides is 1. The fraction of sp³-hybridized carbons (Fsp3) is 0.917. The predicted molar refractivity (Wildman–Crippen MR) is 62.4 cm³/mol. The number of carbonyl (C=O) groups excluding carboxylic acids is 1. The van der Waals surface area contributed by atoms with Crippen LogP contribution in [0.2, 0.25) is 0 Å². The molecular weight excluding hydrogens is 188 g/mol. The fourth-order valence-corrected chi connectivity index (χ4v) is 2.30. The summed E-state index contributed by atoms with van der Waals surface area (Å²) in [5, 5.41) is 3.08. The molecule has 3 heteroatoms. The second-order valence-corrected chi connectivity index (χ2v) is 4.92. The van der Waals surface area contributed by atoms with Crippen LogP contribution in [0.1, 0.15) is 46.5 Å². The first-order chi connectivity index (χ1) is 7.06. The van der Waals surface area contributed by atoms with Crippen molar-refractivity contribution in [3.05, 3.63) is 0 Å². The largest absolute Gasteiger partial charge is 0.352 e. The Labute approximate surface area is 92.8 Å². The van der Waals surface area contributed by atoms with E-state index >= 15 is 0 Å². The maximum atomic E-state index is 11.7. The summed E-state index contributed by atoms with van der Waals surface area (Å²) < 4.78 is 0. The summed E-state index contributed by atoms with van der Waals surface area (Å²) in [6, 6.07) is 0.0218. The van der Waals surface area contributed by atoms with Gasteiger partial charge < -0.3 is 11.1 Å². The zero-order valence-electron chi connectivity index (χ0n) is 10.1. The Bertz CT molecular complexity index is 218. The molecule has 0 bridgehead atoms. The van der Waals surface area contributed by atoms with Crippen molar-refractivity contribution < 1.29 is 4.79 Å². The second-order valence-electron chi connectivity index (χ2n) is 4.92. The number of hydrogen-bond acceptors (Lipinski definition) is 2. The first kappa shape index (κ1) is 12.5. The van der Waals surface area contributed by atoms with E-state index in [4.69, 9.17) is 5.73 Å². The summed E-state index contributed by atoms with van der Waals surface area (Å²) in [5.41, 5.74) is 5.77. The molecule has 0 aliphatic heterocycles. The molecule has 0 radical (unpaired) electrons. The second kappa shape index (κ2) is 5.50. The highest BCUT2D eigenvalue weighted by Gasteiger charge is 2.31. The molecule has 0 saturated heterocycles. The van der Waals surface area contributed by atoms with Crippen LogP contribution in [0.25, 0.3) is 0 Å². The van der Waals surface area contributed by atoms with Gasteiger partial charge in [0.25, 0.3) is 0 Å². The van der Waals surface area contributed by atoms with Crippen molar-refractivity contribution in [1.82, 2.24) is 5.32 Å². The molecule has 0 spiro atoms. The van der Waals surface area contributed by atoms with Crippen LogP contribution in [0.3, 0.4) is 0 Å². The van der Waals surface area contributed by atoms with Gasteiger partial charge in [-0.25, -0.2) is 0 Å². The molecule has 1 rings (SSSR count). The van der Waals surface area contributed by atoms with Crippen molar-refractivity contribution in [2.75, 3.05) is 0 Å². The van der Waals surface area contributed by atoms with Crippen LogP contribution in [0.15, 0.2) is 0 Å². The SMILES string of the molecule is CCC[C@@H](N)C(=O)NC1CCC(C)C1C. The van der Waals surface area contributed by atoms with Gasteiger partial charge in [-0.3, -0.25) is 4.79 Å². The van der Waals surface area contributed by atoms with Crippen LogP contribution in [-0.4, -0.2) is 18.0 Å². The molecule has 4 atom stereocenters. The van der Waals surface area contributed by atoms with Crippen molar-refractivity contribution in [3.8, 4) is 0 Å². The lowest BCUT2D eigenvalue weighted by Gasteiger charge is -2.21. The summed E-state index contributed by atoms with van der Waals surface area (Å²) in [6.07, 6.45) is 4.07. The maximum Gasteiger partial charge on any atom is 0.237 e. The van der Waals surface area contributed by atoms with Gasteiger partial charge in [0.1, 0.15) is 0 Å². The Morgan fingerprint density at radius 2 is 2.13 bits per heavy atom. The van der Waals surface area contributed by atoms with Gasteiger partial charge in [-0.05, 0) is 31.1 Å². The van der Waals surface area contributed by atoms with Crippen LogP contribution < -0.4 is 11.1 Å². The van der Waals surface area contributed by atoms with E-state index in [2.05, 4.69) is 19.2 Å². The molecule has 88 valence electrons. The van der Waals surface area contributed by atoms with Crippen molar-refractivity contribution in [2.24, 2.45) is 17.6 Å². The Morgan fingerprint density at radius 3 is 2.60 bits per heavy atom. The van der Waals surface area contributed by atoms with Crippen LogP contribution >= 0.6 is 0 Å². The van der Waals surface area contributed by atoms with Crippen LogP contribution in [0, 0.1) is 11.8 Å². The molecule has 1 aliphatic carbocycles. The minimum Gasteiger partial charge on any atom is -0.352 e. The molecule has 1 aliphatic rings. The molecule has 0 aromatic carbocycles. The highest BCUT2D eigenvalue weighted by Crippen LogP contribution is 2.31. The molecule has 3 unspecified atom stereocenters. The number of rotatable bonds is 4. The van der Waals surface area contributed by atoms with Crippen LogP contribution in [0.4, 0.5) is 0 Å². The van der Waals surface area contributed by atoms with Crippen molar-refractivity contribution in [2.45, 2.75) is 58.5 Å². The molecule has 0 heterocycles. The molecule has 3 N–H and O–H groups in total. The molecule has 3 nitrogen and oxygen atoms in total. The van der Waals surface area contributed by atoms with Crippen molar-refractivity contribution in [3.63, 3.8) is 0 Å². The highest BCUT2D eigenvalue weighted by molar-refractivity contribution is 5.81. The summed E-state index contributed by atoms with van der Waals surface area (Å²) in [7, 11) is 0. The van der Waals surface area contributed by atoms with Gasteiger partial charge in [-0.1, -0.05) is 27.2 Å². The molecule has 1 amide bonds. The molecule has 0 aromatic heterocycles. The first-order valence-corrected chi connectivity index (χ1v) is 6.12. The van der Waals surface area contributed by atoms with Gasteiger partial charge in [-0.2, -0.15) is 0 Å². The van der Waals surface area contributed by atoms with Crippen LogP contribution in [-0.2, 0) is 4.79 Å². The van der Waals surface area contributed by atoms with Crippen molar-refractivity contribution in [1.29, 1.82) is 0 Å². The monoisotopic (exact) mass is 212 g/mol. The zero-order valence-corrected chi connectivity index (χ0v) is 10.1. The maximum absolute atomic E-state index is 11.7. The normalized spacial score (nSPS) is 32.7. The molecule has 1 fully saturated rings. The molecule has 0 aromatic rings. The summed E-state index contributed by atoms with van der Waals surface area (Å²) in [6.45, 7) is 6.52. The highest BCUT2D eigenvalue weighted by atomic mass is 16.2. The lowest BCUT2D eigenvalue weighted by molar-refractivity contribution is -0.123. The third-order valence-electron chi connectivity index (χ3n) is 3.73. The van der Waals surface area contributed by atoms with E-state index in [9.17, 15) is 4.79 Å². The third kappa shape index (κ3) is 3.20. The van der Waals surface area contributed by atoms with E-state index < -0.39 is 0 Å². The van der Waals surface area contributed by atoms with Gasteiger partial charge in [0.15, 0.2) is 0 Å². The summed E-state index contributed by atoms with van der Waals surface area (Å²) in [4.78, 5) is 11.7. The van der Waals surface area contributed by atoms with E-state index in [1.54, 1.807) is 0 Å². The Kier molecular flexibility index (Phi) is 4.58. The van der Waals surface area contributed by atoms with E-state index in [1.807, 2.05) is 6.92 Å². The van der Waals surface area contributed by atoms with Gasteiger partial charge in [-0.15, -0.1) is 0 Å². The van der Waals surface area contributed by atoms with E-state index in [-0.39, 0.29) is 11.9 Å². The first-order valence-electron chi connectivity index (χ1n) is 6.12. The Morgan fingerprint density at radius 1 is 1.47 bits per heavy atom. The number of nitrogens with two attached hydrogens (primary N) is 1. The number of hydrogen-bond donors (Lipinski definition) is 2. The Balaban J connectivity index is 2.38. The summed E-state index contributed by atoms with van der Waals surface area (Å²) in [5.74, 6) is 1.34. The quantitative estimate of drug-likeness (QED) is 0.744. The topological polar surface area (TPSA) is 55.1 Å². The predicted octanol–water partition coefficient (Wildman–Crippen LogP) is 1.66. The fourth-order valence-electron chi connectivity index (χ4n) is 2.30. The number of carbonyl (C=O) groups is 1. The van der Waals surface area contributed by atoms with E-state index in [0.29, 0.717) is 12.0 Å². The van der Waals surface area contributed by atoms with E-state index in [0.717, 1.165) is 25.2 Å². The minimum absolute atomic E-state index is 0.0304.